The molecule has 0 unspecified atom stereocenters. The van der Waals surface area contributed by atoms with E-state index in [-0.39, 0.29) is 17.9 Å². The van der Waals surface area contributed by atoms with Gasteiger partial charge in [0.05, 0.1) is 6.04 Å². The first-order chi connectivity index (χ1) is 11.4. The van der Waals surface area contributed by atoms with Gasteiger partial charge in [-0.05, 0) is 38.2 Å². The molecule has 4 heteroatoms. The van der Waals surface area contributed by atoms with Gasteiger partial charge in [-0.1, -0.05) is 44.2 Å². The number of piperidine rings is 1. The van der Waals surface area contributed by atoms with Gasteiger partial charge in [0.25, 0.3) is 0 Å². The Bertz CT molecular complexity index is 507. The Labute approximate surface area is 147 Å². The number of benzene rings is 1. The van der Waals surface area contributed by atoms with Crippen LogP contribution in [0.1, 0.15) is 46.1 Å². The number of hydrogen-bond acceptors (Lipinski definition) is 3. The predicted octanol–water partition coefficient (Wildman–Crippen LogP) is 2.87. The smallest absolute Gasteiger partial charge is 0.240 e. The van der Waals surface area contributed by atoms with Crippen molar-refractivity contribution in [3.8, 4) is 0 Å². The van der Waals surface area contributed by atoms with Crippen molar-refractivity contribution in [2.24, 2.45) is 11.7 Å². The summed E-state index contributed by atoms with van der Waals surface area (Å²) in [6.45, 7) is 11.3. The van der Waals surface area contributed by atoms with Crippen molar-refractivity contribution in [3.63, 3.8) is 0 Å². The first-order valence-electron chi connectivity index (χ1n) is 9.24. The summed E-state index contributed by atoms with van der Waals surface area (Å²) in [4.78, 5) is 17.3. The fourth-order valence-electron chi connectivity index (χ4n) is 3.51. The van der Waals surface area contributed by atoms with E-state index in [4.69, 9.17) is 5.73 Å². The van der Waals surface area contributed by atoms with Crippen LogP contribution in [0.4, 0.5) is 0 Å². The number of nitrogens with two attached hydrogens (primary N) is 1. The van der Waals surface area contributed by atoms with Gasteiger partial charge in [-0.15, -0.1) is 0 Å². The molecule has 0 aliphatic carbocycles. The van der Waals surface area contributed by atoms with E-state index < -0.39 is 6.04 Å². The molecule has 0 spiro atoms. The maximum absolute atomic E-state index is 12.8. The van der Waals surface area contributed by atoms with Gasteiger partial charge in [-0.3, -0.25) is 9.69 Å². The summed E-state index contributed by atoms with van der Waals surface area (Å²) in [5, 5.41) is 0. The summed E-state index contributed by atoms with van der Waals surface area (Å²) in [7, 11) is 0. The molecule has 1 saturated heterocycles. The molecule has 134 valence electrons. The molecule has 1 aromatic carbocycles. The standard InChI is InChI=1S/C20H33N3O/c1-15(2)19(21)20(24)23(16(3)4)18-10-12-22(13-11-18)14-17-8-6-5-7-9-17/h5-9,15-16,18-19H,10-14,21H2,1-4H3/t19-/m0/s1. The van der Waals surface area contributed by atoms with Crippen molar-refractivity contribution in [3.05, 3.63) is 35.9 Å². The highest BCUT2D eigenvalue weighted by molar-refractivity contribution is 5.82. The summed E-state index contributed by atoms with van der Waals surface area (Å²) >= 11 is 0. The summed E-state index contributed by atoms with van der Waals surface area (Å²) in [6, 6.07) is 10.7. The minimum absolute atomic E-state index is 0.113. The van der Waals surface area contributed by atoms with Crippen LogP contribution >= 0.6 is 0 Å². The molecule has 1 amide bonds. The average Bonchev–Trinajstić information content (AvgIpc) is 2.56. The minimum atomic E-state index is -0.394. The zero-order chi connectivity index (χ0) is 17.7. The Kier molecular flexibility index (Phi) is 6.81. The maximum atomic E-state index is 12.8. The van der Waals surface area contributed by atoms with E-state index >= 15 is 0 Å². The summed E-state index contributed by atoms with van der Waals surface area (Å²) < 4.78 is 0. The Balaban J connectivity index is 1.94. The third-order valence-corrected chi connectivity index (χ3v) is 5.01. The van der Waals surface area contributed by atoms with E-state index in [1.54, 1.807) is 0 Å². The molecule has 0 aromatic heterocycles. The number of carbonyl (C=O) groups is 1. The van der Waals surface area contributed by atoms with E-state index in [1.165, 1.54) is 5.56 Å². The highest BCUT2D eigenvalue weighted by Crippen LogP contribution is 2.22. The molecule has 4 nitrogen and oxygen atoms in total. The lowest BCUT2D eigenvalue weighted by Crippen LogP contribution is -2.55. The normalized spacial score (nSPS) is 18.1. The van der Waals surface area contributed by atoms with Crippen molar-refractivity contribution in [1.82, 2.24) is 9.80 Å². The minimum Gasteiger partial charge on any atom is -0.336 e. The molecular formula is C20H33N3O. The summed E-state index contributed by atoms with van der Waals surface area (Å²) in [5.41, 5.74) is 7.49. The molecule has 1 atom stereocenters. The fraction of sp³-hybridized carbons (Fsp3) is 0.650. The zero-order valence-electron chi connectivity index (χ0n) is 15.6. The van der Waals surface area contributed by atoms with Crippen molar-refractivity contribution >= 4 is 5.91 Å². The van der Waals surface area contributed by atoms with Gasteiger partial charge >= 0.3 is 0 Å². The molecule has 0 saturated carbocycles. The lowest BCUT2D eigenvalue weighted by molar-refractivity contribution is -0.139. The number of carbonyl (C=O) groups excluding carboxylic acids is 1. The Hall–Kier alpha value is -1.39. The van der Waals surface area contributed by atoms with Crippen LogP contribution in [0, 0.1) is 5.92 Å². The van der Waals surface area contributed by atoms with Gasteiger partial charge in [0.1, 0.15) is 0 Å². The third-order valence-electron chi connectivity index (χ3n) is 5.01. The first kappa shape index (κ1) is 18.9. The van der Waals surface area contributed by atoms with Crippen LogP contribution in [0.15, 0.2) is 30.3 Å². The molecule has 2 N–H and O–H groups in total. The summed E-state index contributed by atoms with van der Waals surface area (Å²) in [5.74, 6) is 0.290. The third kappa shape index (κ3) is 4.81. The van der Waals surface area contributed by atoms with Crippen molar-refractivity contribution in [1.29, 1.82) is 0 Å². The van der Waals surface area contributed by atoms with Crippen LogP contribution in [0.5, 0.6) is 0 Å². The number of nitrogens with zero attached hydrogens (tertiary/aromatic N) is 2. The van der Waals surface area contributed by atoms with Crippen molar-refractivity contribution < 1.29 is 4.79 Å². The number of likely N-dealkylation sites (tertiary alicyclic amines) is 1. The van der Waals surface area contributed by atoms with Crippen LogP contribution < -0.4 is 5.73 Å². The van der Waals surface area contributed by atoms with Gasteiger partial charge in [0, 0.05) is 31.7 Å². The van der Waals surface area contributed by atoms with E-state index in [9.17, 15) is 4.79 Å². The summed E-state index contributed by atoms with van der Waals surface area (Å²) in [6.07, 6.45) is 2.06. The molecular weight excluding hydrogens is 298 g/mol. The van der Waals surface area contributed by atoms with Gasteiger partial charge in [0.15, 0.2) is 0 Å². The van der Waals surface area contributed by atoms with Crippen LogP contribution in [0.2, 0.25) is 0 Å². The molecule has 1 fully saturated rings. The second-order valence-electron chi connectivity index (χ2n) is 7.60. The lowest BCUT2D eigenvalue weighted by Gasteiger charge is -2.42. The van der Waals surface area contributed by atoms with Crippen LogP contribution in [-0.2, 0) is 11.3 Å². The van der Waals surface area contributed by atoms with Gasteiger partial charge in [-0.25, -0.2) is 0 Å². The molecule has 2 rings (SSSR count). The van der Waals surface area contributed by atoms with E-state index in [0.29, 0.717) is 6.04 Å². The van der Waals surface area contributed by atoms with Crippen molar-refractivity contribution in [2.75, 3.05) is 13.1 Å². The topological polar surface area (TPSA) is 49.6 Å². The number of amides is 1. The van der Waals surface area contributed by atoms with E-state index in [1.807, 2.05) is 18.7 Å². The molecule has 0 radical (unpaired) electrons. The largest absolute Gasteiger partial charge is 0.336 e. The number of rotatable bonds is 6. The molecule has 1 aromatic rings. The molecule has 1 heterocycles. The SMILES string of the molecule is CC(C)[C@H](N)C(=O)N(C(C)C)C1CCN(Cc2ccccc2)CC1. The van der Waals surface area contributed by atoms with E-state index in [2.05, 4.69) is 49.1 Å². The number of hydrogen-bond donors (Lipinski definition) is 1. The van der Waals surface area contributed by atoms with Crippen LogP contribution in [0.3, 0.4) is 0 Å². The quantitative estimate of drug-likeness (QED) is 0.872. The fourth-order valence-corrected chi connectivity index (χ4v) is 3.51. The van der Waals surface area contributed by atoms with Gasteiger partial charge in [0.2, 0.25) is 5.91 Å². The van der Waals surface area contributed by atoms with Crippen LogP contribution in [-0.4, -0.2) is 46.9 Å². The van der Waals surface area contributed by atoms with Crippen molar-refractivity contribution in [2.45, 2.75) is 65.2 Å². The predicted molar refractivity (Wildman–Crippen MR) is 99.5 cm³/mol. The second-order valence-corrected chi connectivity index (χ2v) is 7.60. The zero-order valence-corrected chi connectivity index (χ0v) is 15.6. The van der Waals surface area contributed by atoms with Gasteiger partial charge in [-0.2, -0.15) is 0 Å². The Morgan fingerprint density at radius 1 is 1.17 bits per heavy atom. The highest BCUT2D eigenvalue weighted by Gasteiger charge is 2.33. The molecule has 1 aliphatic rings. The Morgan fingerprint density at radius 3 is 2.25 bits per heavy atom. The second kappa shape index (κ2) is 8.63. The van der Waals surface area contributed by atoms with Crippen LogP contribution in [0.25, 0.3) is 0 Å². The average molecular weight is 332 g/mol. The Morgan fingerprint density at radius 2 is 1.75 bits per heavy atom. The highest BCUT2D eigenvalue weighted by atomic mass is 16.2. The molecule has 1 aliphatic heterocycles. The monoisotopic (exact) mass is 331 g/mol. The van der Waals surface area contributed by atoms with Gasteiger partial charge < -0.3 is 10.6 Å². The lowest BCUT2D eigenvalue weighted by atomic mass is 9.97. The van der Waals surface area contributed by atoms with E-state index in [0.717, 1.165) is 32.5 Å². The molecule has 24 heavy (non-hydrogen) atoms. The molecule has 0 bridgehead atoms. The maximum Gasteiger partial charge on any atom is 0.240 e. The first-order valence-corrected chi connectivity index (χ1v) is 9.24.